The first kappa shape index (κ1) is 23.4. The number of amides is 1. The molecule has 3 N–H and O–H groups in total. The quantitative estimate of drug-likeness (QED) is 0.380. The number of ether oxygens (including phenoxy) is 1. The summed E-state index contributed by atoms with van der Waals surface area (Å²) < 4.78 is 33.3. The lowest BCUT2D eigenvalue weighted by molar-refractivity contribution is 0.0953. The summed E-state index contributed by atoms with van der Waals surface area (Å²) in [5, 5.41) is 6.43. The van der Waals surface area contributed by atoms with Crippen molar-refractivity contribution < 1.29 is 17.9 Å². The molecule has 32 heavy (non-hydrogen) atoms. The number of carbonyl (C=O) groups excluding carboxylic acids is 1. The van der Waals surface area contributed by atoms with Crippen LogP contribution < -0.4 is 20.1 Å². The van der Waals surface area contributed by atoms with Crippen LogP contribution in [0, 0.1) is 0 Å². The number of hydrogen-bond donors (Lipinski definition) is 3. The Hall–Kier alpha value is -3.23. The molecule has 1 amide bonds. The smallest absolute Gasteiger partial charge is 0.262 e. The number of anilines is 2. The number of carbonyl (C=O) groups is 1. The van der Waals surface area contributed by atoms with E-state index in [1.807, 2.05) is 30.3 Å². The highest BCUT2D eigenvalue weighted by molar-refractivity contribution is 7.92. The molecule has 0 aromatic heterocycles. The van der Waals surface area contributed by atoms with Gasteiger partial charge in [-0.05, 0) is 55.0 Å². The van der Waals surface area contributed by atoms with E-state index in [2.05, 4.69) is 15.4 Å². The van der Waals surface area contributed by atoms with E-state index in [9.17, 15) is 13.2 Å². The van der Waals surface area contributed by atoms with Crippen LogP contribution >= 0.6 is 11.6 Å². The fraction of sp³-hybridized carbons (Fsp3) is 0.174. The lowest BCUT2D eigenvalue weighted by Gasteiger charge is -2.13. The molecule has 0 radical (unpaired) electrons. The van der Waals surface area contributed by atoms with E-state index < -0.39 is 10.0 Å². The third kappa shape index (κ3) is 6.38. The molecule has 0 unspecified atom stereocenters. The monoisotopic (exact) mass is 473 g/mol. The Bertz CT molecular complexity index is 1170. The molecule has 0 spiro atoms. The summed E-state index contributed by atoms with van der Waals surface area (Å²) in [6.45, 7) is 1.15. The maximum absolute atomic E-state index is 12.8. The Morgan fingerprint density at radius 3 is 2.50 bits per heavy atom. The van der Waals surface area contributed by atoms with Crippen molar-refractivity contribution in [2.75, 3.05) is 30.2 Å². The molecular weight excluding hydrogens is 450 g/mol. The number of hydrogen-bond acceptors (Lipinski definition) is 5. The third-order valence-electron chi connectivity index (χ3n) is 4.55. The van der Waals surface area contributed by atoms with Gasteiger partial charge in [0, 0.05) is 29.4 Å². The number of benzene rings is 3. The Balaban J connectivity index is 1.60. The van der Waals surface area contributed by atoms with Crippen molar-refractivity contribution in [3.05, 3.63) is 83.4 Å². The average molecular weight is 474 g/mol. The van der Waals surface area contributed by atoms with Crippen molar-refractivity contribution in [1.82, 2.24) is 5.32 Å². The lowest BCUT2D eigenvalue weighted by atomic mass is 10.2. The van der Waals surface area contributed by atoms with E-state index in [-0.39, 0.29) is 22.1 Å². The summed E-state index contributed by atoms with van der Waals surface area (Å²) in [4.78, 5) is 12.4. The summed E-state index contributed by atoms with van der Waals surface area (Å²) in [5.74, 6) is -0.0157. The summed E-state index contributed by atoms with van der Waals surface area (Å²) in [6.07, 6.45) is 0.717. The van der Waals surface area contributed by atoms with Gasteiger partial charge in [-0.3, -0.25) is 9.52 Å². The average Bonchev–Trinajstić information content (AvgIpc) is 2.79. The zero-order valence-corrected chi connectivity index (χ0v) is 19.0. The molecule has 0 aliphatic heterocycles. The predicted octanol–water partition coefficient (Wildman–Crippen LogP) is 4.38. The van der Waals surface area contributed by atoms with Gasteiger partial charge in [0.05, 0.1) is 17.7 Å². The summed E-state index contributed by atoms with van der Waals surface area (Å²) in [7, 11) is -2.53. The van der Waals surface area contributed by atoms with Crippen molar-refractivity contribution >= 4 is 38.9 Å². The minimum Gasteiger partial charge on any atom is -0.495 e. The molecule has 9 heteroatoms. The molecule has 7 nitrogen and oxygen atoms in total. The van der Waals surface area contributed by atoms with Crippen LogP contribution in [0.25, 0.3) is 0 Å². The van der Waals surface area contributed by atoms with Crippen molar-refractivity contribution in [3.63, 3.8) is 0 Å². The standard InChI is InChI=1S/C23H24ClN3O4S/c1-31-22-12-11-18(24)16-21(22)27-32(29,30)20-10-5-7-17(15-20)23(28)26-14-6-13-25-19-8-3-2-4-9-19/h2-5,7-12,15-16,25,27H,6,13-14H2,1H3,(H,26,28). The molecule has 0 saturated carbocycles. The maximum atomic E-state index is 12.8. The van der Waals surface area contributed by atoms with Gasteiger partial charge in [0.25, 0.3) is 15.9 Å². The van der Waals surface area contributed by atoms with Crippen molar-refractivity contribution in [1.29, 1.82) is 0 Å². The number of methoxy groups -OCH3 is 1. The lowest BCUT2D eigenvalue weighted by Crippen LogP contribution is -2.26. The van der Waals surface area contributed by atoms with E-state index in [0.29, 0.717) is 23.9 Å². The fourth-order valence-corrected chi connectivity index (χ4v) is 4.23. The van der Waals surface area contributed by atoms with Gasteiger partial charge >= 0.3 is 0 Å². The second-order valence-corrected chi connectivity index (χ2v) is 9.00. The third-order valence-corrected chi connectivity index (χ3v) is 6.15. The minimum absolute atomic E-state index is 0.0436. The zero-order chi connectivity index (χ0) is 23.0. The van der Waals surface area contributed by atoms with Crippen molar-refractivity contribution in [2.24, 2.45) is 0 Å². The Labute approximate surface area is 192 Å². The first-order valence-corrected chi connectivity index (χ1v) is 11.8. The van der Waals surface area contributed by atoms with E-state index in [1.165, 1.54) is 31.4 Å². The molecule has 0 bridgehead atoms. The summed E-state index contributed by atoms with van der Waals surface area (Å²) in [6, 6.07) is 20.2. The van der Waals surface area contributed by atoms with Crippen LogP contribution in [0.4, 0.5) is 11.4 Å². The van der Waals surface area contributed by atoms with Gasteiger partial charge in [-0.15, -0.1) is 0 Å². The molecule has 0 fully saturated rings. The molecule has 0 heterocycles. The molecule has 0 atom stereocenters. The normalized spacial score (nSPS) is 10.9. The number of sulfonamides is 1. The van der Waals surface area contributed by atoms with Crippen LogP contribution in [0.15, 0.2) is 77.7 Å². The van der Waals surface area contributed by atoms with E-state index in [4.69, 9.17) is 16.3 Å². The van der Waals surface area contributed by atoms with Crippen molar-refractivity contribution in [3.8, 4) is 5.75 Å². The highest BCUT2D eigenvalue weighted by Gasteiger charge is 2.18. The molecule has 0 aliphatic carbocycles. The number of nitrogens with one attached hydrogen (secondary N) is 3. The van der Waals surface area contributed by atoms with Gasteiger partial charge < -0.3 is 15.4 Å². The SMILES string of the molecule is COc1ccc(Cl)cc1NS(=O)(=O)c1cccc(C(=O)NCCCNc2ccccc2)c1. The summed E-state index contributed by atoms with van der Waals surface area (Å²) >= 11 is 5.97. The first-order valence-electron chi connectivity index (χ1n) is 9.92. The van der Waals surface area contributed by atoms with Gasteiger partial charge in [0.1, 0.15) is 5.75 Å². The highest BCUT2D eigenvalue weighted by atomic mass is 35.5. The van der Waals surface area contributed by atoms with Crippen LogP contribution in [0.5, 0.6) is 5.75 Å². The van der Waals surface area contributed by atoms with Crippen LogP contribution in [0.2, 0.25) is 5.02 Å². The predicted molar refractivity (Wildman–Crippen MR) is 127 cm³/mol. The Kier molecular flexibility index (Phi) is 7.97. The topological polar surface area (TPSA) is 96.5 Å². The van der Waals surface area contributed by atoms with Gasteiger partial charge in [-0.2, -0.15) is 0 Å². The molecule has 0 saturated heterocycles. The highest BCUT2D eigenvalue weighted by Crippen LogP contribution is 2.29. The molecule has 3 aromatic carbocycles. The van der Waals surface area contributed by atoms with Gasteiger partial charge in [-0.25, -0.2) is 8.42 Å². The number of para-hydroxylation sites is 1. The van der Waals surface area contributed by atoms with E-state index >= 15 is 0 Å². The van der Waals surface area contributed by atoms with E-state index in [1.54, 1.807) is 18.2 Å². The minimum atomic E-state index is -3.96. The largest absolute Gasteiger partial charge is 0.495 e. The second kappa shape index (κ2) is 10.9. The van der Waals surface area contributed by atoms with Gasteiger partial charge in [0.15, 0.2) is 0 Å². The Morgan fingerprint density at radius 2 is 1.75 bits per heavy atom. The van der Waals surface area contributed by atoms with Crippen molar-refractivity contribution in [2.45, 2.75) is 11.3 Å². The molecule has 168 valence electrons. The molecule has 3 rings (SSSR count). The maximum Gasteiger partial charge on any atom is 0.262 e. The second-order valence-electron chi connectivity index (χ2n) is 6.88. The first-order chi connectivity index (χ1) is 15.4. The van der Waals surface area contributed by atoms with Crippen LogP contribution in [0.3, 0.4) is 0 Å². The summed E-state index contributed by atoms with van der Waals surface area (Å²) in [5.41, 5.74) is 1.48. The van der Waals surface area contributed by atoms with Crippen LogP contribution in [-0.4, -0.2) is 34.5 Å². The van der Waals surface area contributed by atoms with Crippen LogP contribution in [0.1, 0.15) is 16.8 Å². The van der Waals surface area contributed by atoms with Crippen LogP contribution in [-0.2, 0) is 10.0 Å². The van der Waals surface area contributed by atoms with Gasteiger partial charge in [0.2, 0.25) is 0 Å². The molecule has 0 aliphatic rings. The molecule has 3 aromatic rings. The number of rotatable bonds is 10. The number of halogens is 1. The fourth-order valence-electron chi connectivity index (χ4n) is 2.95. The van der Waals surface area contributed by atoms with Gasteiger partial charge in [-0.1, -0.05) is 35.9 Å². The Morgan fingerprint density at radius 1 is 0.969 bits per heavy atom. The molecular formula is C23H24ClN3O4S. The van der Waals surface area contributed by atoms with E-state index in [0.717, 1.165) is 12.1 Å². The zero-order valence-electron chi connectivity index (χ0n) is 17.5.